The van der Waals surface area contributed by atoms with Crippen molar-refractivity contribution in [1.29, 1.82) is 0 Å². The summed E-state index contributed by atoms with van der Waals surface area (Å²) in [5.74, 6) is 1.09. The molecule has 7 nitrogen and oxygen atoms in total. The molecule has 0 aliphatic carbocycles. The molecule has 8 heteroatoms. The minimum Gasteiger partial charge on any atom is -0.360 e. The molecule has 0 spiro atoms. The molecular weight excluding hydrogens is 374 g/mol. The van der Waals surface area contributed by atoms with Crippen LogP contribution >= 0.6 is 11.3 Å². The fraction of sp³-hybridized carbons (Fsp3) is 0.350. The van der Waals surface area contributed by atoms with E-state index in [0.29, 0.717) is 18.1 Å². The summed E-state index contributed by atoms with van der Waals surface area (Å²) in [5.41, 5.74) is 2.27. The van der Waals surface area contributed by atoms with Gasteiger partial charge in [0.1, 0.15) is 10.8 Å². The van der Waals surface area contributed by atoms with Gasteiger partial charge >= 0.3 is 0 Å². The van der Waals surface area contributed by atoms with Crippen LogP contribution in [0.15, 0.2) is 46.3 Å². The second-order valence-electron chi connectivity index (χ2n) is 6.93. The maximum atomic E-state index is 12.1. The monoisotopic (exact) mass is 397 g/mol. The fourth-order valence-corrected chi connectivity index (χ4v) is 4.06. The van der Waals surface area contributed by atoms with Gasteiger partial charge in [-0.3, -0.25) is 14.6 Å². The van der Waals surface area contributed by atoms with Crippen molar-refractivity contribution >= 4 is 23.1 Å². The summed E-state index contributed by atoms with van der Waals surface area (Å²) in [5, 5.41) is 9.77. The van der Waals surface area contributed by atoms with Crippen molar-refractivity contribution in [2.75, 3.05) is 38.0 Å². The minimum absolute atomic E-state index is 0.0613. The molecule has 1 aromatic carbocycles. The third-order valence-electron chi connectivity index (χ3n) is 4.69. The highest BCUT2D eigenvalue weighted by atomic mass is 32.1. The van der Waals surface area contributed by atoms with Gasteiger partial charge in [0.05, 0.1) is 12.2 Å². The van der Waals surface area contributed by atoms with E-state index in [2.05, 4.69) is 37.8 Å². The van der Waals surface area contributed by atoms with Gasteiger partial charge < -0.3 is 9.84 Å². The number of thiazole rings is 1. The number of amides is 1. The summed E-state index contributed by atoms with van der Waals surface area (Å²) in [6.07, 6.45) is 0. The van der Waals surface area contributed by atoms with E-state index in [0.717, 1.165) is 49.0 Å². The van der Waals surface area contributed by atoms with Crippen molar-refractivity contribution in [3.8, 4) is 10.6 Å². The molecule has 146 valence electrons. The number of hydrogen-bond donors (Lipinski definition) is 1. The molecule has 0 saturated carbocycles. The van der Waals surface area contributed by atoms with Gasteiger partial charge in [-0.1, -0.05) is 35.5 Å². The van der Waals surface area contributed by atoms with E-state index in [1.165, 1.54) is 0 Å². The molecule has 0 bridgehead atoms. The standard InChI is InChI=1S/C20H23N5O2S/c1-15-11-18(23-27-15)22-19(26)13-25-9-7-24(8-10-25)12-17-14-28-20(21-17)16-5-3-2-4-6-16/h2-6,11,14H,7-10,12-13H2,1H3,(H,22,23,26). The van der Waals surface area contributed by atoms with Gasteiger partial charge in [0.15, 0.2) is 5.82 Å². The Hall–Kier alpha value is -2.55. The maximum Gasteiger partial charge on any atom is 0.239 e. The smallest absolute Gasteiger partial charge is 0.239 e. The van der Waals surface area contributed by atoms with Crippen LogP contribution in [0.25, 0.3) is 10.6 Å². The van der Waals surface area contributed by atoms with E-state index >= 15 is 0 Å². The average molecular weight is 398 g/mol. The van der Waals surface area contributed by atoms with E-state index in [9.17, 15) is 4.79 Å². The third-order valence-corrected chi connectivity index (χ3v) is 5.63. The molecule has 0 radical (unpaired) electrons. The normalized spacial score (nSPS) is 15.6. The molecule has 1 fully saturated rings. The lowest BCUT2D eigenvalue weighted by Crippen LogP contribution is -2.48. The molecule has 28 heavy (non-hydrogen) atoms. The highest BCUT2D eigenvalue weighted by Gasteiger charge is 2.20. The van der Waals surface area contributed by atoms with Gasteiger partial charge in [0.25, 0.3) is 0 Å². The summed E-state index contributed by atoms with van der Waals surface area (Å²) in [4.78, 5) is 21.5. The number of aryl methyl sites for hydroxylation is 1. The highest BCUT2D eigenvalue weighted by molar-refractivity contribution is 7.13. The Morgan fingerprint density at radius 2 is 1.93 bits per heavy atom. The van der Waals surface area contributed by atoms with E-state index in [1.54, 1.807) is 24.3 Å². The van der Waals surface area contributed by atoms with Gasteiger partial charge in [-0.05, 0) is 6.92 Å². The zero-order chi connectivity index (χ0) is 19.3. The number of nitrogens with zero attached hydrogens (tertiary/aromatic N) is 4. The quantitative estimate of drug-likeness (QED) is 0.689. The SMILES string of the molecule is Cc1cc(NC(=O)CN2CCN(Cc3csc(-c4ccccc4)n3)CC2)no1. The first-order valence-corrected chi connectivity index (χ1v) is 10.2. The van der Waals surface area contributed by atoms with Crippen LogP contribution in [0, 0.1) is 6.92 Å². The van der Waals surface area contributed by atoms with Crippen LogP contribution in [-0.4, -0.2) is 58.6 Å². The molecule has 3 aromatic rings. The van der Waals surface area contributed by atoms with Crippen LogP contribution in [0.2, 0.25) is 0 Å². The lowest BCUT2D eigenvalue weighted by molar-refractivity contribution is -0.117. The van der Waals surface area contributed by atoms with Crippen molar-refractivity contribution in [1.82, 2.24) is 19.9 Å². The summed E-state index contributed by atoms with van der Waals surface area (Å²) in [7, 11) is 0. The Morgan fingerprint density at radius 3 is 2.64 bits per heavy atom. The molecule has 1 aliphatic heterocycles. The van der Waals surface area contributed by atoms with Crippen LogP contribution in [0.4, 0.5) is 5.82 Å². The average Bonchev–Trinajstić information content (AvgIpc) is 3.33. The van der Waals surface area contributed by atoms with Crippen molar-refractivity contribution in [2.24, 2.45) is 0 Å². The Morgan fingerprint density at radius 1 is 1.18 bits per heavy atom. The molecule has 1 amide bonds. The van der Waals surface area contributed by atoms with E-state index in [4.69, 9.17) is 9.51 Å². The van der Waals surface area contributed by atoms with Crippen molar-refractivity contribution in [3.63, 3.8) is 0 Å². The first-order valence-electron chi connectivity index (χ1n) is 9.33. The van der Waals surface area contributed by atoms with Gasteiger partial charge in [0.2, 0.25) is 5.91 Å². The van der Waals surface area contributed by atoms with E-state index < -0.39 is 0 Å². The summed E-state index contributed by atoms with van der Waals surface area (Å²) in [6, 6.07) is 12.0. The van der Waals surface area contributed by atoms with Crippen LogP contribution < -0.4 is 5.32 Å². The molecule has 1 saturated heterocycles. The maximum absolute atomic E-state index is 12.1. The molecule has 4 rings (SSSR count). The number of aromatic nitrogens is 2. The molecule has 1 aliphatic rings. The second-order valence-corrected chi connectivity index (χ2v) is 7.79. The Bertz CT molecular complexity index is 916. The number of nitrogens with one attached hydrogen (secondary N) is 1. The minimum atomic E-state index is -0.0613. The summed E-state index contributed by atoms with van der Waals surface area (Å²) in [6.45, 7) is 6.59. The van der Waals surface area contributed by atoms with E-state index in [-0.39, 0.29) is 5.91 Å². The van der Waals surface area contributed by atoms with Crippen molar-refractivity contribution in [3.05, 3.63) is 53.2 Å². The van der Waals surface area contributed by atoms with Crippen LogP contribution in [0.5, 0.6) is 0 Å². The molecule has 0 atom stereocenters. The lowest BCUT2D eigenvalue weighted by atomic mass is 10.2. The molecule has 2 aromatic heterocycles. The number of piperazine rings is 1. The Labute approximate surface area is 168 Å². The van der Waals surface area contributed by atoms with Crippen LogP contribution in [-0.2, 0) is 11.3 Å². The van der Waals surface area contributed by atoms with Crippen LogP contribution in [0.3, 0.4) is 0 Å². The second kappa shape index (κ2) is 8.64. The Kier molecular flexibility index (Phi) is 5.80. The van der Waals surface area contributed by atoms with Gasteiger partial charge in [0, 0.05) is 49.7 Å². The highest BCUT2D eigenvalue weighted by Crippen LogP contribution is 2.24. The zero-order valence-corrected chi connectivity index (χ0v) is 16.6. The molecule has 3 heterocycles. The van der Waals surface area contributed by atoms with Crippen molar-refractivity contribution < 1.29 is 9.32 Å². The third kappa shape index (κ3) is 4.83. The summed E-state index contributed by atoms with van der Waals surface area (Å²) < 4.78 is 4.97. The number of rotatable bonds is 6. The zero-order valence-electron chi connectivity index (χ0n) is 15.8. The topological polar surface area (TPSA) is 74.5 Å². The van der Waals surface area contributed by atoms with Gasteiger partial charge in [-0.15, -0.1) is 11.3 Å². The predicted molar refractivity (Wildman–Crippen MR) is 109 cm³/mol. The predicted octanol–water partition coefficient (Wildman–Crippen LogP) is 2.86. The van der Waals surface area contributed by atoms with Gasteiger partial charge in [-0.2, -0.15) is 0 Å². The van der Waals surface area contributed by atoms with Crippen molar-refractivity contribution in [2.45, 2.75) is 13.5 Å². The first kappa shape index (κ1) is 18.8. The number of carbonyl (C=O) groups excluding carboxylic acids is 1. The lowest BCUT2D eigenvalue weighted by Gasteiger charge is -2.33. The number of carbonyl (C=O) groups is 1. The van der Waals surface area contributed by atoms with Crippen LogP contribution in [0.1, 0.15) is 11.5 Å². The first-order chi connectivity index (χ1) is 13.7. The molecule has 0 unspecified atom stereocenters. The summed E-state index contributed by atoms with van der Waals surface area (Å²) >= 11 is 1.69. The fourth-order valence-electron chi connectivity index (χ4n) is 3.24. The number of anilines is 1. The number of hydrogen-bond acceptors (Lipinski definition) is 7. The number of benzene rings is 1. The molecular formula is C20H23N5O2S. The Balaban J connectivity index is 1.23. The van der Waals surface area contributed by atoms with E-state index in [1.807, 2.05) is 18.2 Å². The van der Waals surface area contributed by atoms with Gasteiger partial charge in [-0.25, -0.2) is 4.98 Å². The largest absolute Gasteiger partial charge is 0.360 e. The molecule has 1 N–H and O–H groups in total.